The minimum Gasteiger partial charge on any atom is -0.466 e. The summed E-state index contributed by atoms with van der Waals surface area (Å²) in [5, 5.41) is 2.08. The molecule has 0 fully saturated rings. The number of carbonyl (C=O) groups excluding carboxylic acids is 1. The summed E-state index contributed by atoms with van der Waals surface area (Å²) < 4.78 is 45.9. The van der Waals surface area contributed by atoms with Crippen molar-refractivity contribution >= 4 is 11.6 Å². The smallest absolute Gasteiger partial charge is 0.433 e. The molecule has 136 valence electrons. The van der Waals surface area contributed by atoms with E-state index in [1.807, 2.05) is 0 Å². The molecule has 0 atom stereocenters. The van der Waals surface area contributed by atoms with E-state index in [1.54, 1.807) is 25.1 Å². The molecule has 0 aliphatic carbocycles. The lowest BCUT2D eigenvalue weighted by atomic mass is 10.1. The van der Waals surface area contributed by atoms with Crippen LogP contribution >= 0.6 is 0 Å². The molecule has 3 rings (SSSR count). The molecule has 0 spiro atoms. The lowest BCUT2D eigenvalue weighted by Gasteiger charge is -2.07. The van der Waals surface area contributed by atoms with Crippen LogP contribution in [-0.4, -0.2) is 27.2 Å². The van der Waals surface area contributed by atoms with Gasteiger partial charge in [0.15, 0.2) is 5.65 Å². The molecule has 0 aliphatic heterocycles. The van der Waals surface area contributed by atoms with Crippen LogP contribution in [0.4, 0.5) is 13.2 Å². The van der Waals surface area contributed by atoms with Gasteiger partial charge in [-0.2, -0.15) is 13.2 Å². The summed E-state index contributed by atoms with van der Waals surface area (Å²) in [5.41, 5.74) is -1.99. The van der Waals surface area contributed by atoms with Gasteiger partial charge in [-0.3, -0.25) is 14.7 Å². The van der Waals surface area contributed by atoms with Gasteiger partial charge in [-0.25, -0.2) is 9.50 Å². The monoisotopic (exact) mass is 365 g/mol. The quantitative estimate of drug-likeness (QED) is 0.722. The van der Waals surface area contributed by atoms with Crippen LogP contribution in [0, 0.1) is 0 Å². The Morgan fingerprint density at radius 3 is 2.58 bits per heavy atom. The molecular weight excluding hydrogens is 351 g/mol. The first-order valence-electron chi connectivity index (χ1n) is 7.74. The molecule has 2 aromatic heterocycles. The van der Waals surface area contributed by atoms with Gasteiger partial charge in [0.25, 0.3) is 5.56 Å². The van der Waals surface area contributed by atoms with Crippen molar-refractivity contribution in [2.24, 2.45) is 0 Å². The fourth-order valence-corrected chi connectivity index (χ4v) is 2.62. The number of esters is 1. The third-order valence-electron chi connectivity index (χ3n) is 3.65. The maximum atomic E-state index is 13.5. The van der Waals surface area contributed by atoms with Crippen LogP contribution in [0.5, 0.6) is 0 Å². The van der Waals surface area contributed by atoms with Gasteiger partial charge in [-0.15, -0.1) is 0 Å². The first kappa shape index (κ1) is 17.7. The van der Waals surface area contributed by atoms with Gasteiger partial charge < -0.3 is 4.74 Å². The van der Waals surface area contributed by atoms with E-state index in [0.717, 1.165) is 10.6 Å². The second-order valence-corrected chi connectivity index (χ2v) is 5.45. The minimum absolute atomic E-state index is 0.0401. The van der Waals surface area contributed by atoms with Crippen LogP contribution < -0.4 is 5.56 Å². The molecule has 0 saturated carbocycles. The van der Waals surface area contributed by atoms with Crippen LogP contribution in [0.3, 0.4) is 0 Å². The van der Waals surface area contributed by atoms with E-state index in [9.17, 15) is 22.8 Å². The van der Waals surface area contributed by atoms with Gasteiger partial charge >= 0.3 is 12.1 Å². The number of hydrogen-bond donors (Lipinski definition) is 1. The second kappa shape index (κ2) is 6.66. The second-order valence-electron chi connectivity index (χ2n) is 5.45. The standard InChI is InChI=1S/C17H14F3N3O3/c1-2-26-13(25)9-11-8-12(24)23-16(21-11)14(10-6-4-3-5-7-10)15(22-23)17(18,19)20/h3-8,22H,2,9H2,1H3. The Morgan fingerprint density at radius 1 is 1.27 bits per heavy atom. The molecule has 2 heterocycles. The summed E-state index contributed by atoms with van der Waals surface area (Å²) in [6, 6.07) is 8.82. The SMILES string of the molecule is CCOC(=O)Cc1cc(=O)n2[nH]c(C(F)(F)F)c(-c3ccccc3)c2n1. The number of halogens is 3. The number of fused-ring (bicyclic) bond motifs is 1. The third-order valence-corrected chi connectivity index (χ3v) is 3.65. The Hall–Kier alpha value is -3.10. The van der Waals surface area contributed by atoms with Crippen molar-refractivity contribution in [1.82, 2.24) is 14.6 Å². The van der Waals surface area contributed by atoms with Gasteiger partial charge in [-0.1, -0.05) is 30.3 Å². The highest BCUT2D eigenvalue weighted by Crippen LogP contribution is 2.37. The van der Waals surface area contributed by atoms with Crippen LogP contribution in [0.2, 0.25) is 0 Å². The molecule has 0 saturated heterocycles. The van der Waals surface area contributed by atoms with E-state index < -0.39 is 23.4 Å². The molecule has 0 aliphatic rings. The number of nitrogens with zero attached hydrogens (tertiary/aromatic N) is 2. The lowest BCUT2D eigenvalue weighted by Crippen LogP contribution is -2.18. The summed E-state index contributed by atoms with van der Waals surface area (Å²) in [4.78, 5) is 28.0. The number of H-pyrrole nitrogens is 1. The molecule has 3 aromatic rings. The van der Waals surface area contributed by atoms with Crippen molar-refractivity contribution in [3.63, 3.8) is 0 Å². The Bertz CT molecular complexity index is 1010. The molecular formula is C17H14F3N3O3. The van der Waals surface area contributed by atoms with Gasteiger partial charge in [0.05, 0.1) is 24.3 Å². The van der Waals surface area contributed by atoms with Crippen molar-refractivity contribution in [3.05, 3.63) is 58.1 Å². The molecule has 1 aromatic carbocycles. The maximum Gasteiger partial charge on any atom is 0.433 e. The van der Waals surface area contributed by atoms with Gasteiger partial charge in [-0.05, 0) is 12.5 Å². The van der Waals surface area contributed by atoms with Crippen LogP contribution in [0.15, 0.2) is 41.2 Å². The highest BCUT2D eigenvalue weighted by atomic mass is 19.4. The van der Waals surface area contributed by atoms with E-state index >= 15 is 0 Å². The Balaban J connectivity index is 2.25. The minimum atomic E-state index is -4.72. The predicted molar refractivity (Wildman–Crippen MR) is 86.6 cm³/mol. The fraction of sp³-hybridized carbons (Fsp3) is 0.235. The summed E-state index contributed by atoms with van der Waals surface area (Å²) >= 11 is 0. The van der Waals surface area contributed by atoms with Crippen LogP contribution in [-0.2, 0) is 22.1 Å². The first-order chi connectivity index (χ1) is 12.3. The number of aromatic amines is 1. The first-order valence-corrected chi connectivity index (χ1v) is 7.74. The lowest BCUT2D eigenvalue weighted by molar-refractivity contribution is -0.142. The van der Waals surface area contributed by atoms with E-state index in [4.69, 9.17) is 4.74 Å². The zero-order valence-electron chi connectivity index (χ0n) is 13.6. The van der Waals surface area contributed by atoms with Gasteiger partial charge in [0, 0.05) is 6.07 Å². The van der Waals surface area contributed by atoms with Crippen molar-refractivity contribution < 1.29 is 22.7 Å². The zero-order chi connectivity index (χ0) is 18.9. The number of benzene rings is 1. The Kier molecular flexibility index (Phi) is 4.54. The van der Waals surface area contributed by atoms with Crippen molar-refractivity contribution in [2.75, 3.05) is 6.61 Å². The van der Waals surface area contributed by atoms with Crippen LogP contribution in [0.25, 0.3) is 16.8 Å². The average molecular weight is 365 g/mol. The number of rotatable bonds is 4. The van der Waals surface area contributed by atoms with E-state index in [-0.39, 0.29) is 35.5 Å². The fourth-order valence-electron chi connectivity index (χ4n) is 2.62. The predicted octanol–water partition coefficient (Wildman–Crippen LogP) is 2.81. The summed E-state index contributed by atoms with van der Waals surface area (Å²) in [7, 11) is 0. The molecule has 0 amide bonds. The van der Waals surface area contributed by atoms with Crippen molar-refractivity contribution in [2.45, 2.75) is 19.5 Å². The van der Waals surface area contributed by atoms with E-state index in [1.165, 1.54) is 12.1 Å². The highest BCUT2D eigenvalue weighted by Gasteiger charge is 2.38. The topological polar surface area (TPSA) is 76.5 Å². The largest absolute Gasteiger partial charge is 0.466 e. The highest BCUT2D eigenvalue weighted by molar-refractivity contribution is 5.81. The molecule has 26 heavy (non-hydrogen) atoms. The number of carbonyl (C=O) groups is 1. The molecule has 6 nitrogen and oxygen atoms in total. The van der Waals surface area contributed by atoms with Crippen LogP contribution in [0.1, 0.15) is 18.3 Å². The normalized spacial score (nSPS) is 11.7. The molecule has 0 unspecified atom stereocenters. The Labute approximate surface area is 145 Å². The number of alkyl halides is 3. The van der Waals surface area contributed by atoms with E-state index in [0.29, 0.717) is 0 Å². The number of nitrogens with one attached hydrogen (secondary N) is 1. The molecule has 0 radical (unpaired) electrons. The number of aromatic nitrogens is 3. The molecule has 0 bridgehead atoms. The summed E-state index contributed by atoms with van der Waals surface area (Å²) in [6.07, 6.45) is -5.02. The summed E-state index contributed by atoms with van der Waals surface area (Å²) in [5.74, 6) is -0.614. The molecule has 9 heteroatoms. The van der Waals surface area contributed by atoms with E-state index in [2.05, 4.69) is 10.1 Å². The number of ether oxygens (including phenoxy) is 1. The third kappa shape index (κ3) is 3.32. The Morgan fingerprint density at radius 2 is 1.96 bits per heavy atom. The average Bonchev–Trinajstić information content (AvgIpc) is 2.96. The van der Waals surface area contributed by atoms with Gasteiger partial charge in [0.1, 0.15) is 5.69 Å². The molecule has 1 N–H and O–H groups in total. The number of hydrogen-bond acceptors (Lipinski definition) is 4. The summed E-state index contributed by atoms with van der Waals surface area (Å²) in [6.45, 7) is 1.77. The van der Waals surface area contributed by atoms with Crippen molar-refractivity contribution in [1.29, 1.82) is 0 Å². The zero-order valence-corrected chi connectivity index (χ0v) is 13.6. The maximum absolute atomic E-state index is 13.5. The van der Waals surface area contributed by atoms with Crippen molar-refractivity contribution in [3.8, 4) is 11.1 Å². The van der Waals surface area contributed by atoms with Gasteiger partial charge in [0.2, 0.25) is 0 Å².